The van der Waals surface area contributed by atoms with Crippen LogP contribution in [-0.2, 0) is 0 Å². The summed E-state index contributed by atoms with van der Waals surface area (Å²) in [5.41, 5.74) is 0. The smallest absolute Gasteiger partial charge is 0.295 e. The zero-order chi connectivity index (χ0) is 11.0. The maximum absolute atomic E-state index is 12.1. The molecule has 92 valence electrons. The first-order valence-electron chi connectivity index (χ1n) is 4.11. The van der Waals surface area contributed by atoms with Gasteiger partial charge in [0.15, 0.2) is 0 Å². The molecule has 0 aromatic carbocycles. The van der Waals surface area contributed by atoms with Gasteiger partial charge in [-0.3, -0.25) is 5.32 Å². The predicted molar refractivity (Wildman–Crippen MR) is 43.9 cm³/mol. The minimum atomic E-state index is -4.59. The van der Waals surface area contributed by atoms with E-state index < -0.39 is 24.4 Å². The van der Waals surface area contributed by atoms with Crippen molar-refractivity contribution in [3.63, 3.8) is 0 Å². The summed E-state index contributed by atoms with van der Waals surface area (Å²) < 4.78 is 72.4. The van der Waals surface area contributed by atoms with E-state index in [1.165, 1.54) is 0 Å². The van der Waals surface area contributed by atoms with Gasteiger partial charge in [-0.05, 0) is 19.3 Å². The maximum Gasteiger partial charge on any atom is 0.403 e. The molecule has 8 heteroatoms. The third kappa shape index (κ3) is 4.06. The molecule has 0 spiro atoms. The van der Waals surface area contributed by atoms with Crippen molar-refractivity contribution in [1.82, 2.24) is 5.32 Å². The van der Waals surface area contributed by atoms with Crippen molar-refractivity contribution in [2.45, 2.75) is 43.7 Å². The van der Waals surface area contributed by atoms with E-state index >= 15 is 0 Å². The zero-order valence-corrected chi connectivity index (χ0v) is 8.27. The van der Waals surface area contributed by atoms with E-state index in [1.54, 1.807) is 5.32 Å². The molecule has 2 atom stereocenters. The monoisotopic (exact) mass is 257 g/mol. The topological polar surface area (TPSA) is 12.0 Å². The Kier molecular flexibility index (Phi) is 4.72. The van der Waals surface area contributed by atoms with Crippen molar-refractivity contribution >= 4 is 12.4 Å². The Labute approximate surface area is 88.6 Å². The Morgan fingerprint density at radius 2 is 1.13 bits per heavy atom. The van der Waals surface area contributed by atoms with Gasteiger partial charge in [-0.15, -0.1) is 12.4 Å². The lowest BCUT2D eigenvalue weighted by Crippen LogP contribution is -2.55. The maximum atomic E-state index is 12.1. The highest BCUT2D eigenvalue weighted by Crippen LogP contribution is 2.33. The Morgan fingerprint density at radius 1 is 0.800 bits per heavy atom. The summed E-state index contributed by atoms with van der Waals surface area (Å²) in [6.07, 6.45) is -9.80. The minimum Gasteiger partial charge on any atom is -0.295 e. The first-order valence-corrected chi connectivity index (χ1v) is 4.11. The van der Waals surface area contributed by atoms with Gasteiger partial charge in [0.2, 0.25) is 0 Å². The fourth-order valence-electron chi connectivity index (χ4n) is 1.45. The van der Waals surface area contributed by atoms with Crippen molar-refractivity contribution in [3.05, 3.63) is 0 Å². The molecule has 0 aliphatic carbocycles. The van der Waals surface area contributed by atoms with Gasteiger partial charge in [0.05, 0.1) is 0 Å². The standard InChI is InChI=1S/C7H9F6N.ClH/c8-6(9,10)4-2-1-3-5(14-4)7(11,12)13;/h4-5,14H,1-3H2;1H. The Balaban J connectivity index is 0.00000196. The molecule has 0 saturated carbocycles. The molecule has 0 radical (unpaired) electrons. The molecule has 1 N–H and O–H groups in total. The van der Waals surface area contributed by atoms with Crippen molar-refractivity contribution in [1.29, 1.82) is 0 Å². The number of alkyl halides is 6. The molecule has 1 aliphatic rings. The fourth-order valence-corrected chi connectivity index (χ4v) is 1.45. The normalized spacial score (nSPS) is 28.4. The number of rotatable bonds is 0. The van der Waals surface area contributed by atoms with Gasteiger partial charge < -0.3 is 0 Å². The third-order valence-corrected chi connectivity index (χ3v) is 2.18. The molecule has 15 heavy (non-hydrogen) atoms. The molecule has 0 amide bonds. The van der Waals surface area contributed by atoms with Gasteiger partial charge in [0.25, 0.3) is 0 Å². The van der Waals surface area contributed by atoms with Crippen LogP contribution in [0.4, 0.5) is 26.3 Å². The number of halogens is 7. The minimum absolute atomic E-state index is 0. The van der Waals surface area contributed by atoms with E-state index in [1.807, 2.05) is 0 Å². The van der Waals surface area contributed by atoms with Crippen molar-refractivity contribution in [2.75, 3.05) is 0 Å². The first kappa shape index (κ1) is 14.8. The highest BCUT2D eigenvalue weighted by Gasteiger charge is 2.48. The SMILES string of the molecule is Cl.FC(F)(F)C1CCCC(C(F)(F)F)N1. The van der Waals surface area contributed by atoms with Crippen LogP contribution >= 0.6 is 12.4 Å². The summed E-state index contributed by atoms with van der Waals surface area (Å²) in [4.78, 5) is 0. The van der Waals surface area contributed by atoms with Gasteiger partial charge in [-0.1, -0.05) is 0 Å². The third-order valence-electron chi connectivity index (χ3n) is 2.18. The van der Waals surface area contributed by atoms with Crippen LogP contribution in [0.3, 0.4) is 0 Å². The first-order chi connectivity index (χ1) is 6.21. The lowest BCUT2D eigenvalue weighted by atomic mass is 9.98. The molecule has 1 rings (SSSR count). The second-order valence-electron chi connectivity index (χ2n) is 3.29. The molecule has 0 aromatic rings. The van der Waals surface area contributed by atoms with Crippen LogP contribution in [0, 0.1) is 0 Å². The van der Waals surface area contributed by atoms with Gasteiger partial charge in [0, 0.05) is 0 Å². The van der Waals surface area contributed by atoms with E-state index in [0.29, 0.717) is 0 Å². The van der Waals surface area contributed by atoms with Crippen LogP contribution in [0.5, 0.6) is 0 Å². The summed E-state index contributed by atoms with van der Waals surface area (Å²) in [7, 11) is 0. The number of piperidine rings is 1. The van der Waals surface area contributed by atoms with Crippen LogP contribution in [0.2, 0.25) is 0 Å². The van der Waals surface area contributed by atoms with Crippen LogP contribution < -0.4 is 5.32 Å². The highest BCUT2D eigenvalue weighted by atomic mass is 35.5. The van der Waals surface area contributed by atoms with Crippen LogP contribution in [0.25, 0.3) is 0 Å². The largest absolute Gasteiger partial charge is 0.403 e. The van der Waals surface area contributed by atoms with Gasteiger partial charge in [-0.2, -0.15) is 26.3 Å². The number of hydrogen-bond acceptors (Lipinski definition) is 1. The summed E-state index contributed by atoms with van der Waals surface area (Å²) >= 11 is 0. The Morgan fingerprint density at radius 3 is 1.40 bits per heavy atom. The molecule has 1 aliphatic heterocycles. The molecule has 0 aromatic heterocycles. The highest BCUT2D eigenvalue weighted by molar-refractivity contribution is 5.85. The number of nitrogens with one attached hydrogen (secondary N) is 1. The van der Waals surface area contributed by atoms with Crippen molar-refractivity contribution in [2.24, 2.45) is 0 Å². The summed E-state index contributed by atoms with van der Waals surface area (Å²) in [5, 5.41) is 1.58. The van der Waals surface area contributed by atoms with Gasteiger partial charge in [-0.25, -0.2) is 0 Å². The quantitative estimate of drug-likeness (QED) is 0.658. The summed E-state index contributed by atoms with van der Waals surface area (Å²) in [6, 6.07) is -4.05. The average Bonchev–Trinajstić information content (AvgIpc) is 2.01. The van der Waals surface area contributed by atoms with Crippen LogP contribution in [0.15, 0.2) is 0 Å². The predicted octanol–water partition coefficient (Wildman–Crippen LogP) is 3.04. The molecular weight excluding hydrogens is 248 g/mol. The van der Waals surface area contributed by atoms with Crippen molar-refractivity contribution in [3.8, 4) is 0 Å². The van der Waals surface area contributed by atoms with Gasteiger partial charge in [0.1, 0.15) is 12.1 Å². The average molecular weight is 258 g/mol. The van der Waals surface area contributed by atoms with Crippen LogP contribution in [-0.4, -0.2) is 24.4 Å². The zero-order valence-electron chi connectivity index (χ0n) is 7.45. The summed E-state index contributed by atoms with van der Waals surface area (Å²) in [5.74, 6) is 0. The second-order valence-corrected chi connectivity index (χ2v) is 3.29. The van der Waals surface area contributed by atoms with E-state index in [9.17, 15) is 26.3 Å². The van der Waals surface area contributed by atoms with Gasteiger partial charge >= 0.3 is 12.4 Å². The molecule has 1 nitrogen and oxygen atoms in total. The lowest BCUT2D eigenvalue weighted by molar-refractivity contribution is -0.197. The molecule has 2 unspecified atom stereocenters. The van der Waals surface area contributed by atoms with E-state index in [2.05, 4.69) is 0 Å². The Hall–Kier alpha value is -0.170. The molecule has 0 bridgehead atoms. The van der Waals surface area contributed by atoms with E-state index in [0.717, 1.165) is 0 Å². The molecule has 1 saturated heterocycles. The lowest BCUT2D eigenvalue weighted by Gasteiger charge is -2.33. The second kappa shape index (κ2) is 4.78. The molecule has 1 heterocycles. The van der Waals surface area contributed by atoms with E-state index in [4.69, 9.17) is 0 Å². The fraction of sp³-hybridized carbons (Fsp3) is 1.00. The molecular formula is C7H10ClF6N. The van der Waals surface area contributed by atoms with E-state index in [-0.39, 0.29) is 31.7 Å². The summed E-state index contributed by atoms with van der Waals surface area (Å²) in [6.45, 7) is 0. The Bertz CT molecular complexity index is 181. The van der Waals surface area contributed by atoms with Crippen LogP contribution in [0.1, 0.15) is 19.3 Å². The number of hydrogen-bond donors (Lipinski definition) is 1. The molecule has 1 fully saturated rings. The van der Waals surface area contributed by atoms with Crippen molar-refractivity contribution < 1.29 is 26.3 Å².